The summed E-state index contributed by atoms with van der Waals surface area (Å²) < 4.78 is 42.5. The zero-order valence-electron chi connectivity index (χ0n) is 9.17. The topological polar surface area (TPSA) is 46.5 Å². The van der Waals surface area contributed by atoms with E-state index in [1.165, 1.54) is 6.92 Å². The zero-order valence-corrected chi connectivity index (χ0v) is 9.17. The highest BCUT2D eigenvalue weighted by Crippen LogP contribution is 2.21. The number of rotatable bonds is 6. The Morgan fingerprint density at radius 1 is 1.50 bits per heavy atom. The summed E-state index contributed by atoms with van der Waals surface area (Å²) in [5.74, 6) is -0.879. The molecule has 0 saturated carbocycles. The fourth-order valence-corrected chi connectivity index (χ4v) is 0.949. The predicted molar refractivity (Wildman–Crippen MR) is 52.2 cm³/mol. The molecular formula is C10H15F3O3. The minimum Gasteiger partial charge on any atom is -0.456 e. The average Bonchev–Trinajstić information content (AvgIpc) is 2.26. The standard InChI is InChI=1S/C10H15F3O3/c1-6(2)9(14)16-7(3)8(13)10(15,4-11)5-12/h7-8,15H,1,4-5H2,2-3H3. The van der Waals surface area contributed by atoms with Gasteiger partial charge in [0.15, 0.2) is 11.8 Å². The number of hydrogen-bond donors (Lipinski definition) is 1. The van der Waals surface area contributed by atoms with Crippen LogP contribution in [0.1, 0.15) is 13.8 Å². The Labute approximate surface area is 91.9 Å². The number of esters is 1. The van der Waals surface area contributed by atoms with E-state index in [9.17, 15) is 23.1 Å². The maximum absolute atomic E-state index is 13.4. The van der Waals surface area contributed by atoms with Crippen LogP contribution in [0.15, 0.2) is 12.2 Å². The summed E-state index contributed by atoms with van der Waals surface area (Å²) in [6.07, 6.45) is -3.80. The van der Waals surface area contributed by atoms with Crippen LogP contribution in [0.2, 0.25) is 0 Å². The van der Waals surface area contributed by atoms with Crippen LogP contribution in [0, 0.1) is 0 Å². The molecular weight excluding hydrogens is 225 g/mol. The molecule has 0 fully saturated rings. The van der Waals surface area contributed by atoms with Gasteiger partial charge in [0.25, 0.3) is 0 Å². The lowest BCUT2D eigenvalue weighted by molar-refractivity contribution is -0.157. The van der Waals surface area contributed by atoms with Gasteiger partial charge in [-0.05, 0) is 13.8 Å². The molecule has 0 aromatic heterocycles. The van der Waals surface area contributed by atoms with E-state index in [0.717, 1.165) is 6.92 Å². The highest BCUT2D eigenvalue weighted by molar-refractivity contribution is 5.87. The summed E-state index contributed by atoms with van der Waals surface area (Å²) in [4.78, 5) is 11.0. The number of aliphatic hydroxyl groups is 1. The number of halogens is 3. The van der Waals surface area contributed by atoms with Crippen LogP contribution in [-0.4, -0.2) is 42.3 Å². The highest BCUT2D eigenvalue weighted by atomic mass is 19.2. The Hall–Kier alpha value is -1.04. The van der Waals surface area contributed by atoms with Gasteiger partial charge in [0, 0.05) is 5.57 Å². The number of carbonyl (C=O) groups is 1. The maximum atomic E-state index is 13.4. The monoisotopic (exact) mass is 240 g/mol. The van der Waals surface area contributed by atoms with Gasteiger partial charge in [-0.25, -0.2) is 18.0 Å². The van der Waals surface area contributed by atoms with Gasteiger partial charge in [0.1, 0.15) is 19.5 Å². The van der Waals surface area contributed by atoms with E-state index >= 15 is 0 Å². The molecule has 0 heterocycles. The second kappa shape index (κ2) is 5.89. The summed E-state index contributed by atoms with van der Waals surface area (Å²) in [6, 6.07) is 0. The molecule has 3 nitrogen and oxygen atoms in total. The molecule has 0 radical (unpaired) electrons. The third-order valence-corrected chi connectivity index (χ3v) is 2.03. The average molecular weight is 240 g/mol. The van der Waals surface area contributed by atoms with Crippen LogP contribution in [0.25, 0.3) is 0 Å². The van der Waals surface area contributed by atoms with Crippen molar-refractivity contribution >= 4 is 5.97 Å². The second-order valence-corrected chi connectivity index (χ2v) is 3.66. The Kier molecular flexibility index (Phi) is 5.50. The van der Waals surface area contributed by atoms with E-state index in [-0.39, 0.29) is 5.57 Å². The summed E-state index contributed by atoms with van der Waals surface area (Å²) in [6.45, 7) is 2.51. The second-order valence-electron chi connectivity index (χ2n) is 3.66. The molecule has 0 aromatic carbocycles. The van der Waals surface area contributed by atoms with E-state index in [1.807, 2.05) is 0 Å². The molecule has 0 rings (SSSR count). The lowest BCUT2D eigenvalue weighted by atomic mass is 9.97. The molecule has 0 aliphatic heterocycles. The summed E-state index contributed by atoms with van der Waals surface area (Å²) in [5.41, 5.74) is -2.74. The Bertz CT molecular complexity index is 264. The molecule has 0 amide bonds. The number of alkyl halides is 3. The van der Waals surface area contributed by atoms with Gasteiger partial charge in [-0.1, -0.05) is 6.58 Å². The summed E-state index contributed by atoms with van der Waals surface area (Å²) in [7, 11) is 0. The molecule has 2 atom stereocenters. The van der Waals surface area contributed by atoms with Crippen LogP contribution < -0.4 is 0 Å². The third kappa shape index (κ3) is 3.52. The Morgan fingerprint density at radius 3 is 2.25 bits per heavy atom. The maximum Gasteiger partial charge on any atom is 0.333 e. The van der Waals surface area contributed by atoms with E-state index in [0.29, 0.717) is 0 Å². The largest absolute Gasteiger partial charge is 0.456 e. The third-order valence-electron chi connectivity index (χ3n) is 2.03. The van der Waals surface area contributed by atoms with Crippen molar-refractivity contribution < 1.29 is 27.8 Å². The molecule has 2 unspecified atom stereocenters. The molecule has 16 heavy (non-hydrogen) atoms. The molecule has 0 saturated heterocycles. The first-order valence-electron chi connectivity index (χ1n) is 4.63. The van der Waals surface area contributed by atoms with E-state index in [1.54, 1.807) is 0 Å². The molecule has 0 aromatic rings. The van der Waals surface area contributed by atoms with Crippen molar-refractivity contribution in [1.82, 2.24) is 0 Å². The van der Waals surface area contributed by atoms with Crippen LogP contribution in [-0.2, 0) is 9.53 Å². The summed E-state index contributed by atoms with van der Waals surface area (Å²) in [5, 5.41) is 9.18. The van der Waals surface area contributed by atoms with Crippen molar-refractivity contribution in [3.8, 4) is 0 Å². The molecule has 0 bridgehead atoms. The SMILES string of the molecule is C=C(C)C(=O)OC(C)C(F)C(O)(CF)CF. The first-order chi connectivity index (χ1) is 7.28. The van der Waals surface area contributed by atoms with Crippen molar-refractivity contribution in [1.29, 1.82) is 0 Å². The van der Waals surface area contributed by atoms with Crippen molar-refractivity contribution in [3.05, 3.63) is 12.2 Å². The molecule has 6 heteroatoms. The van der Waals surface area contributed by atoms with Gasteiger partial charge in [-0.3, -0.25) is 0 Å². The minimum absolute atomic E-state index is 0.0306. The van der Waals surface area contributed by atoms with E-state index in [4.69, 9.17) is 0 Å². The van der Waals surface area contributed by atoms with Crippen molar-refractivity contribution in [2.24, 2.45) is 0 Å². The molecule has 0 aliphatic carbocycles. The fourth-order valence-electron chi connectivity index (χ4n) is 0.949. The number of carbonyl (C=O) groups excluding carboxylic acids is 1. The summed E-state index contributed by atoms with van der Waals surface area (Å²) >= 11 is 0. The molecule has 0 spiro atoms. The van der Waals surface area contributed by atoms with Gasteiger partial charge in [0.05, 0.1) is 0 Å². The lowest BCUT2D eigenvalue weighted by Gasteiger charge is -2.29. The normalized spacial score (nSPS) is 15.4. The minimum atomic E-state index is -2.77. The smallest absolute Gasteiger partial charge is 0.333 e. The quantitative estimate of drug-likeness (QED) is 0.565. The zero-order chi connectivity index (χ0) is 12.9. The van der Waals surface area contributed by atoms with Crippen LogP contribution >= 0.6 is 0 Å². The fraction of sp³-hybridized carbons (Fsp3) is 0.700. The highest BCUT2D eigenvalue weighted by Gasteiger charge is 2.42. The number of hydrogen-bond acceptors (Lipinski definition) is 3. The number of ether oxygens (including phenoxy) is 1. The van der Waals surface area contributed by atoms with Crippen molar-refractivity contribution in [3.63, 3.8) is 0 Å². The molecule has 1 N–H and O–H groups in total. The van der Waals surface area contributed by atoms with Gasteiger partial charge in [-0.2, -0.15) is 0 Å². The van der Waals surface area contributed by atoms with E-state index < -0.39 is 37.2 Å². The van der Waals surface area contributed by atoms with E-state index in [2.05, 4.69) is 11.3 Å². The van der Waals surface area contributed by atoms with Gasteiger partial charge < -0.3 is 9.84 Å². The van der Waals surface area contributed by atoms with Gasteiger partial charge in [-0.15, -0.1) is 0 Å². The predicted octanol–water partition coefficient (Wildman–Crippen LogP) is 1.50. The van der Waals surface area contributed by atoms with Crippen LogP contribution in [0.4, 0.5) is 13.2 Å². The van der Waals surface area contributed by atoms with Gasteiger partial charge in [0.2, 0.25) is 0 Å². The van der Waals surface area contributed by atoms with Crippen molar-refractivity contribution in [2.75, 3.05) is 13.3 Å². The molecule has 0 aliphatic rings. The van der Waals surface area contributed by atoms with Crippen LogP contribution in [0.3, 0.4) is 0 Å². The Balaban J connectivity index is 4.54. The van der Waals surface area contributed by atoms with Crippen LogP contribution in [0.5, 0.6) is 0 Å². The van der Waals surface area contributed by atoms with Gasteiger partial charge >= 0.3 is 5.97 Å². The first-order valence-corrected chi connectivity index (χ1v) is 4.63. The van der Waals surface area contributed by atoms with Crippen molar-refractivity contribution in [2.45, 2.75) is 31.7 Å². The Morgan fingerprint density at radius 2 is 1.94 bits per heavy atom. The lowest BCUT2D eigenvalue weighted by Crippen LogP contribution is -2.50. The molecule has 94 valence electrons. The first kappa shape index (κ1) is 15.0.